The summed E-state index contributed by atoms with van der Waals surface area (Å²) in [6, 6.07) is 6.78. The van der Waals surface area contributed by atoms with E-state index in [-0.39, 0.29) is 0 Å². The van der Waals surface area contributed by atoms with Crippen LogP contribution in [-0.2, 0) is 0 Å². The molecule has 1 aromatic carbocycles. The van der Waals surface area contributed by atoms with Crippen LogP contribution in [0.5, 0.6) is 0 Å². The van der Waals surface area contributed by atoms with Gasteiger partial charge in [-0.05, 0) is 43.1 Å². The highest BCUT2D eigenvalue weighted by molar-refractivity contribution is 6.30. The lowest BCUT2D eigenvalue weighted by atomic mass is 9.97. The predicted molar refractivity (Wildman–Crippen MR) is 51.5 cm³/mol. The smallest absolute Gasteiger partial charge is 0.0411 e. The lowest BCUT2D eigenvalue weighted by Gasteiger charge is -2.28. The van der Waals surface area contributed by atoms with Crippen LogP contribution in [0, 0.1) is 6.92 Å². The molecule has 1 atom stereocenters. The van der Waals surface area contributed by atoms with Gasteiger partial charge in [0.15, 0.2) is 0 Å². The standard InChI is InChI=1S/C10H12ClN/c1-7-4-8(6-9(11)5-7)10-2-3-12-10/h4-6,10,12H,2-3H2,1H3/t10-/m1/s1. The molecule has 0 unspecified atom stereocenters. The second-order valence-electron chi connectivity index (χ2n) is 3.36. The molecule has 1 aliphatic rings. The van der Waals surface area contributed by atoms with E-state index in [0.717, 1.165) is 11.6 Å². The van der Waals surface area contributed by atoms with Crippen molar-refractivity contribution in [2.45, 2.75) is 19.4 Å². The Morgan fingerprint density at radius 3 is 2.67 bits per heavy atom. The van der Waals surface area contributed by atoms with Gasteiger partial charge in [-0.1, -0.05) is 17.7 Å². The molecule has 0 spiro atoms. The van der Waals surface area contributed by atoms with E-state index in [0.29, 0.717) is 6.04 Å². The molecule has 1 fully saturated rings. The Morgan fingerprint density at radius 1 is 1.42 bits per heavy atom. The first-order chi connectivity index (χ1) is 5.75. The second kappa shape index (κ2) is 3.08. The minimum atomic E-state index is 0.544. The molecule has 2 rings (SSSR count). The molecule has 0 aliphatic carbocycles. The minimum absolute atomic E-state index is 0.544. The molecular formula is C10H12ClN. The zero-order chi connectivity index (χ0) is 8.55. The van der Waals surface area contributed by atoms with E-state index in [9.17, 15) is 0 Å². The van der Waals surface area contributed by atoms with E-state index in [1.807, 2.05) is 12.1 Å². The fourth-order valence-electron chi connectivity index (χ4n) is 1.54. The molecule has 1 heterocycles. The fraction of sp³-hybridized carbons (Fsp3) is 0.400. The minimum Gasteiger partial charge on any atom is -0.310 e. The number of rotatable bonds is 1. The van der Waals surface area contributed by atoms with Crippen LogP contribution in [0.2, 0.25) is 5.02 Å². The summed E-state index contributed by atoms with van der Waals surface area (Å²) in [7, 11) is 0. The van der Waals surface area contributed by atoms with Gasteiger partial charge in [-0.25, -0.2) is 0 Å². The summed E-state index contributed by atoms with van der Waals surface area (Å²) in [6.07, 6.45) is 1.24. The molecule has 2 heteroatoms. The molecule has 0 radical (unpaired) electrons. The third-order valence-electron chi connectivity index (χ3n) is 2.29. The van der Waals surface area contributed by atoms with E-state index < -0.39 is 0 Å². The number of aryl methyl sites for hydroxylation is 1. The van der Waals surface area contributed by atoms with Gasteiger partial charge in [0.25, 0.3) is 0 Å². The van der Waals surface area contributed by atoms with Gasteiger partial charge in [0.05, 0.1) is 0 Å². The van der Waals surface area contributed by atoms with E-state index in [1.54, 1.807) is 0 Å². The lowest BCUT2D eigenvalue weighted by molar-refractivity contribution is 0.383. The SMILES string of the molecule is Cc1cc(Cl)cc([C@H]2CCN2)c1. The van der Waals surface area contributed by atoms with Gasteiger partial charge in [0.1, 0.15) is 0 Å². The summed E-state index contributed by atoms with van der Waals surface area (Å²) in [5.41, 5.74) is 2.57. The molecule has 0 aromatic heterocycles. The zero-order valence-corrected chi connectivity index (χ0v) is 7.86. The maximum atomic E-state index is 5.95. The summed E-state index contributed by atoms with van der Waals surface area (Å²) in [5, 5.41) is 4.20. The highest BCUT2D eigenvalue weighted by Gasteiger charge is 2.18. The van der Waals surface area contributed by atoms with Crippen molar-refractivity contribution < 1.29 is 0 Å². The molecule has 1 N–H and O–H groups in total. The zero-order valence-electron chi connectivity index (χ0n) is 7.10. The quantitative estimate of drug-likeness (QED) is 0.703. The normalized spacial score (nSPS) is 22.0. The number of hydrogen-bond donors (Lipinski definition) is 1. The van der Waals surface area contributed by atoms with Crippen LogP contribution in [0.15, 0.2) is 18.2 Å². The summed E-state index contributed by atoms with van der Waals surface area (Å²) in [5.74, 6) is 0. The number of benzene rings is 1. The van der Waals surface area contributed by atoms with Crippen molar-refractivity contribution in [1.29, 1.82) is 0 Å². The Labute approximate surface area is 77.7 Å². The van der Waals surface area contributed by atoms with E-state index in [2.05, 4.69) is 18.3 Å². The second-order valence-corrected chi connectivity index (χ2v) is 3.79. The molecule has 1 aromatic rings. The summed E-state index contributed by atoms with van der Waals surface area (Å²) in [4.78, 5) is 0. The van der Waals surface area contributed by atoms with Crippen LogP contribution < -0.4 is 5.32 Å². The Morgan fingerprint density at radius 2 is 2.17 bits per heavy atom. The first kappa shape index (κ1) is 8.09. The maximum absolute atomic E-state index is 5.95. The van der Waals surface area contributed by atoms with E-state index in [4.69, 9.17) is 11.6 Å². The van der Waals surface area contributed by atoms with Crippen LogP contribution in [0.3, 0.4) is 0 Å². The highest BCUT2D eigenvalue weighted by Crippen LogP contribution is 2.26. The summed E-state index contributed by atoms with van der Waals surface area (Å²) >= 11 is 5.95. The van der Waals surface area contributed by atoms with Crippen molar-refractivity contribution in [3.05, 3.63) is 34.3 Å². The van der Waals surface area contributed by atoms with Crippen LogP contribution in [0.4, 0.5) is 0 Å². The van der Waals surface area contributed by atoms with Crippen LogP contribution in [-0.4, -0.2) is 6.54 Å². The Balaban J connectivity index is 2.30. The molecule has 0 bridgehead atoms. The molecular weight excluding hydrogens is 170 g/mol. The summed E-state index contributed by atoms with van der Waals surface area (Å²) in [6.45, 7) is 3.21. The van der Waals surface area contributed by atoms with Gasteiger partial charge < -0.3 is 5.32 Å². The lowest BCUT2D eigenvalue weighted by Crippen LogP contribution is -2.34. The average molecular weight is 182 g/mol. The van der Waals surface area contributed by atoms with Gasteiger partial charge in [0, 0.05) is 11.1 Å². The largest absolute Gasteiger partial charge is 0.310 e. The van der Waals surface area contributed by atoms with Crippen molar-refractivity contribution in [3.8, 4) is 0 Å². The van der Waals surface area contributed by atoms with Crippen molar-refractivity contribution in [1.82, 2.24) is 5.32 Å². The van der Waals surface area contributed by atoms with Crippen LogP contribution in [0.25, 0.3) is 0 Å². The average Bonchev–Trinajstić information content (AvgIpc) is 1.79. The van der Waals surface area contributed by atoms with Crippen molar-refractivity contribution in [2.24, 2.45) is 0 Å². The molecule has 0 amide bonds. The van der Waals surface area contributed by atoms with E-state index >= 15 is 0 Å². The first-order valence-corrected chi connectivity index (χ1v) is 4.64. The Hall–Kier alpha value is -0.530. The van der Waals surface area contributed by atoms with Gasteiger partial charge in [0.2, 0.25) is 0 Å². The third-order valence-corrected chi connectivity index (χ3v) is 2.51. The molecule has 0 saturated carbocycles. The molecule has 1 nitrogen and oxygen atoms in total. The number of halogens is 1. The van der Waals surface area contributed by atoms with Gasteiger partial charge in [-0.15, -0.1) is 0 Å². The van der Waals surface area contributed by atoms with Gasteiger partial charge in [-0.2, -0.15) is 0 Å². The molecule has 64 valence electrons. The predicted octanol–water partition coefficient (Wildman–Crippen LogP) is 2.68. The topological polar surface area (TPSA) is 12.0 Å². The Bertz CT molecular complexity index is 272. The highest BCUT2D eigenvalue weighted by atomic mass is 35.5. The van der Waals surface area contributed by atoms with Gasteiger partial charge in [-0.3, -0.25) is 0 Å². The maximum Gasteiger partial charge on any atom is 0.0411 e. The van der Waals surface area contributed by atoms with Crippen molar-refractivity contribution in [2.75, 3.05) is 6.54 Å². The first-order valence-electron chi connectivity index (χ1n) is 4.26. The van der Waals surface area contributed by atoms with Crippen molar-refractivity contribution >= 4 is 11.6 Å². The monoisotopic (exact) mass is 181 g/mol. The molecule has 1 saturated heterocycles. The molecule has 1 aliphatic heterocycles. The van der Waals surface area contributed by atoms with E-state index in [1.165, 1.54) is 17.5 Å². The number of hydrogen-bond acceptors (Lipinski definition) is 1. The Kier molecular flexibility index (Phi) is 2.07. The van der Waals surface area contributed by atoms with Gasteiger partial charge >= 0.3 is 0 Å². The van der Waals surface area contributed by atoms with Crippen LogP contribution >= 0.6 is 11.6 Å². The fourth-order valence-corrected chi connectivity index (χ4v) is 1.84. The molecule has 12 heavy (non-hydrogen) atoms. The van der Waals surface area contributed by atoms with Crippen molar-refractivity contribution in [3.63, 3.8) is 0 Å². The third kappa shape index (κ3) is 1.47. The van der Waals surface area contributed by atoms with Crippen LogP contribution in [0.1, 0.15) is 23.6 Å². The number of nitrogens with one attached hydrogen (secondary N) is 1. The summed E-state index contributed by atoms with van der Waals surface area (Å²) < 4.78 is 0.